The Morgan fingerprint density at radius 2 is 1.96 bits per heavy atom. The van der Waals surface area contributed by atoms with Crippen LogP contribution in [0.15, 0.2) is 30.3 Å². The van der Waals surface area contributed by atoms with Gasteiger partial charge in [0, 0.05) is 18.3 Å². The minimum Gasteiger partial charge on any atom is -0.481 e. The molecule has 0 bridgehead atoms. The Morgan fingerprint density at radius 1 is 1.25 bits per heavy atom. The molecule has 2 heterocycles. The van der Waals surface area contributed by atoms with Crippen LogP contribution in [0.3, 0.4) is 0 Å². The van der Waals surface area contributed by atoms with E-state index in [1.807, 2.05) is 38.1 Å². The van der Waals surface area contributed by atoms with Crippen molar-refractivity contribution < 1.29 is 14.7 Å². The molecule has 1 aliphatic heterocycles. The number of nitrogens with zero attached hydrogens (tertiary/aromatic N) is 3. The fraction of sp³-hybridized carbons (Fsp3) is 0.389. The Labute approximate surface area is 140 Å². The number of carbonyl (C=O) groups is 2. The lowest BCUT2D eigenvalue weighted by molar-refractivity contribution is -0.137. The first-order valence-corrected chi connectivity index (χ1v) is 8.12. The van der Waals surface area contributed by atoms with Crippen LogP contribution < -0.4 is 0 Å². The molecule has 6 heteroatoms. The molecule has 1 aliphatic rings. The lowest BCUT2D eigenvalue weighted by Crippen LogP contribution is -2.37. The summed E-state index contributed by atoms with van der Waals surface area (Å²) in [7, 11) is 0. The maximum absolute atomic E-state index is 12.7. The number of carboxylic acids is 1. The molecule has 1 fully saturated rings. The van der Waals surface area contributed by atoms with Gasteiger partial charge in [0.25, 0.3) is 5.91 Å². The van der Waals surface area contributed by atoms with Gasteiger partial charge in [-0.2, -0.15) is 5.10 Å². The Morgan fingerprint density at radius 3 is 2.62 bits per heavy atom. The number of hydrogen-bond acceptors (Lipinski definition) is 3. The van der Waals surface area contributed by atoms with Crippen molar-refractivity contribution in [2.24, 2.45) is 0 Å². The topological polar surface area (TPSA) is 75.4 Å². The molecule has 1 unspecified atom stereocenters. The van der Waals surface area contributed by atoms with Gasteiger partial charge in [0.2, 0.25) is 0 Å². The predicted molar refractivity (Wildman–Crippen MR) is 89.3 cm³/mol. The molecule has 0 saturated carbocycles. The van der Waals surface area contributed by atoms with Crippen LogP contribution in [0.5, 0.6) is 0 Å². The summed E-state index contributed by atoms with van der Waals surface area (Å²) in [6.45, 7) is 4.51. The summed E-state index contributed by atoms with van der Waals surface area (Å²) in [6.07, 6.45) is 1.56. The first-order valence-electron chi connectivity index (χ1n) is 8.12. The van der Waals surface area contributed by atoms with Gasteiger partial charge in [0.15, 0.2) is 5.69 Å². The van der Waals surface area contributed by atoms with Gasteiger partial charge in [-0.3, -0.25) is 9.59 Å². The predicted octanol–water partition coefficient (Wildman–Crippen LogP) is 2.57. The maximum Gasteiger partial charge on any atom is 0.305 e. The summed E-state index contributed by atoms with van der Waals surface area (Å²) in [5.74, 6) is -1.06. The van der Waals surface area contributed by atoms with Crippen molar-refractivity contribution in [3.63, 3.8) is 0 Å². The van der Waals surface area contributed by atoms with Crippen molar-refractivity contribution >= 4 is 11.9 Å². The summed E-state index contributed by atoms with van der Waals surface area (Å²) >= 11 is 0. The zero-order valence-corrected chi connectivity index (χ0v) is 13.9. The quantitative estimate of drug-likeness (QED) is 0.936. The normalized spacial score (nSPS) is 17.2. The van der Waals surface area contributed by atoms with Crippen LogP contribution >= 0.6 is 0 Å². The molecule has 1 atom stereocenters. The molecule has 2 aromatic rings. The van der Waals surface area contributed by atoms with Gasteiger partial charge >= 0.3 is 5.97 Å². The minimum absolute atomic E-state index is 0.0105. The zero-order valence-electron chi connectivity index (χ0n) is 13.9. The van der Waals surface area contributed by atoms with Crippen molar-refractivity contribution in [2.45, 2.75) is 39.2 Å². The van der Waals surface area contributed by atoms with E-state index in [-0.39, 0.29) is 18.4 Å². The van der Waals surface area contributed by atoms with Crippen molar-refractivity contribution in [1.29, 1.82) is 0 Å². The molecule has 1 aromatic heterocycles. The van der Waals surface area contributed by atoms with Crippen LogP contribution in [0.2, 0.25) is 0 Å². The van der Waals surface area contributed by atoms with Crippen LogP contribution in [0, 0.1) is 13.8 Å². The maximum atomic E-state index is 12.7. The Bertz CT molecular complexity index is 764. The largest absolute Gasteiger partial charge is 0.481 e. The first kappa shape index (κ1) is 16.2. The van der Waals surface area contributed by atoms with Gasteiger partial charge in [-0.05, 0) is 44.9 Å². The molecule has 1 aromatic carbocycles. The highest BCUT2D eigenvalue weighted by molar-refractivity contribution is 5.93. The number of likely N-dealkylation sites (tertiary alicyclic amines) is 1. The molecular formula is C18H21N3O3. The van der Waals surface area contributed by atoms with Gasteiger partial charge < -0.3 is 10.0 Å². The molecular weight excluding hydrogens is 306 g/mol. The summed E-state index contributed by atoms with van der Waals surface area (Å²) in [5.41, 5.74) is 3.30. The third-order valence-corrected chi connectivity index (χ3v) is 4.43. The number of carbonyl (C=O) groups excluding carboxylic acids is 1. The van der Waals surface area contributed by atoms with Crippen molar-refractivity contribution in [3.8, 4) is 5.69 Å². The molecule has 0 spiro atoms. The number of aryl methyl sites for hydroxylation is 2. The number of benzene rings is 1. The van der Waals surface area contributed by atoms with E-state index in [4.69, 9.17) is 5.11 Å². The average Bonchev–Trinajstić information content (AvgIpc) is 3.14. The molecule has 126 valence electrons. The third kappa shape index (κ3) is 3.18. The van der Waals surface area contributed by atoms with Gasteiger partial charge in [-0.25, -0.2) is 4.68 Å². The number of amides is 1. The fourth-order valence-corrected chi connectivity index (χ4v) is 3.19. The van der Waals surface area contributed by atoms with Crippen LogP contribution in [0.25, 0.3) is 5.69 Å². The SMILES string of the molecule is Cc1ccc(-n2nc(C(=O)N3CCCC3CC(=O)O)cc2C)cc1. The van der Waals surface area contributed by atoms with E-state index in [0.29, 0.717) is 12.2 Å². The lowest BCUT2D eigenvalue weighted by atomic mass is 10.1. The number of rotatable bonds is 4. The second-order valence-corrected chi connectivity index (χ2v) is 6.31. The number of aromatic nitrogens is 2. The zero-order chi connectivity index (χ0) is 17.3. The van der Waals surface area contributed by atoms with Crippen LogP contribution in [-0.4, -0.2) is 44.3 Å². The molecule has 24 heavy (non-hydrogen) atoms. The highest BCUT2D eigenvalue weighted by Crippen LogP contribution is 2.23. The molecule has 1 amide bonds. The van der Waals surface area contributed by atoms with Crippen LogP contribution in [-0.2, 0) is 4.79 Å². The number of aliphatic carboxylic acids is 1. The summed E-state index contributed by atoms with van der Waals surface area (Å²) < 4.78 is 1.74. The van der Waals surface area contributed by atoms with E-state index < -0.39 is 5.97 Å². The Kier molecular flexibility index (Phi) is 4.38. The average molecular weight is 327 g/mol. The van der Waals surface area contributed by atoms with E-state index >= 15 is 0 Å². The molecule has 0 radical (unpaired) electrons. The molecule has 3 rings (SSSR count). The second kappa shape index (κ2) is 6.47. The highest BCUT2D eigenvalue weighted by atomic mass is 16.4. The second-order valence-electron chi connectivity index (χ2n) is 6.31. The summed E-state index contributed by atoms with van der Waals surface area (Å²) in [6, 6.07) is 9.46. The fourth-order valence-electron chi connectivity index (χ4n) is 3.19. The van der Waals surface area contributed by atoms with E-state index in [9.17, 15) is 9.59 Å². The standard InChI is InChI=1S/C18H21N3O3/c1-12-5-7-14(8-6-12)21-13(2)10-16(19-21)18(24)20-9-3-4-15(20)11-17(22)23/h5-8,10,15H,3-4,9,11H2,1-2H3,(H,22,23). The first-order chi connectivity index (χ1) is 11.5. The molecule has 0 aliphatic carbocycles. The number of carboxylic acid groups (broad SMARTS) is 1. The third-order valence-electron chi connectivity index (χ3n) is 4.43. The van der Waals surface area contributed by atoms with E-state index in [1.54, 1.807) is 15.6 Å². The monoisotopic (exact) mass is 327 g/mol. The summed E-state index contributed by atoms with van der Waals surface area (Å²) in [4.78, 5) is 25.4. The van der Waals surface area contributed by atoms with Crippen molar-refractivity contribution in [1.82, 2.24) is 14.7 Å². The minimum atomic E-state index is -0.874. The van der Waals surface area contributed by atoms with Crippen molar-refractivity contribution in [3.05, 3.63) is 47.3 Å². The van der Waals surface area contributed by atoms with E-state index in [2.05, 4.69) is 5.10 Å². The van der Waals surface area contributed by atoms with E-state index in [1.165, 1.54) is 0 Å². The van der Waals surface area contributed by atoms with Gasteiger partial charge in [-0.15, -0.1) is 0 Å². The number of hydrogen-bond donors (Lipinski definition) is 1. The molecule has 1 N–H and O–H groups in total. The Balaban J connectivity index is 1.85. The molecule has 6 nitrogen and oxygen atoms in total. The molecule has 1 saturated heterocycles. The van der Waals surface area contributed by atoms with Crippen LogP contribution in [0.4, 0.5) is 0 Å². The lowest BCUT2D eigenvalue weighted by Gasteiger charge is -2.22. The smallest absolute Gasteiger partial charge is 0.305 e. The summed E-state index contributed by atoms with van der Waals surface area (Å²) in [5, 5.41) is 13.5. The Hall–Kier alpha value is -2.63. The van der Waals surface area contributed by atoms with Gasteiger partial charge in [0.05, 0.1) is 12.1 Å². The van der Waals surface area contributed by atoms with Gasteiger partial charge in [0.1, 0.15) is 0 Å². The van der Waals surface area contributed by atoms with Crippen molar-refractivity contribution in [2.75, 3.05) is 6.54 Å². The highest BCUT2D eigenvalue weighted by Gasteiger charge is 2.32. The van der Waals surface area contributed by atoms with Gasteiger partial charge in [-0.1, -0.05) is 17.7 Å². The van der Waals surface area contributed by atoms with Crippen LogP contribution in [0.1, 0.15) is 41.0 Å². The van der Waals surface area contributed by atoms with E-state index in [0.717, 1.165) is 29.8 Å².